The molecule has 0 aromatic heterocycles. The number of nitrogens with two attached hydrogens (primary N) is 1. The van der Waals surface area contributed by atoms with E-state index in [0.29, 0.717) is 59.1 Å². The monoisotopic (exact) mass is 470 g/mol. The Morgan fingerprint density at radius 1 is 0.677 bits per heavy atom. The zero-order valence-corrected chi connectivity index (χ0v) is 21.4. The van der Waals surface area contributed by atoms with Gasteiger partial charge in [-0.1, -0.05) is 7.43 Å². The van der Waals surface area contributed by atoms with Gasteiger partial charge in [-0.15, -0.1) is 0 Å². The minimum absolute atomic E-state index is 0. The second kappa shape index (κ2) is 17.3. The van der Waals surface area contributed by atoms with Gasteiger partial charge in [0.2, 0.25) is 0 Å². The summed E-state index contributed by atoms with van der Waals surface area (Å²) in [4.78, 5) is 34.2. The lowest BCUT2D eigenvalue weighted by atomic mass is 10.2. The molecule has 0 heterocycles. The maximum atomic E-state index is 11.6. The molecule has 9 nitrogen and oxygen atoms in total. The first-order valence-electron chi connectivity index (χ1n) is 10.1. The summed E-state index contributed by atoms with van der Waals surface area (Å²) in [6, 6.07) is 0. The number of likely N-dealkylation sites (N-methyl/N-ethyl adjacent to an activating group) is 3. The molecule has 0 bridgehead atoms. The molecule has 10 heteroatoms. The molecule has 0 aromatic carbocycles. The molecular weight excluding hydrogens is 420 g/mol. The first-order chi connectivity index (χ1) is 12.9. The summed E-state index contributed by atoms with van der Waals surface area (Å²) in [6.07, 6.45) is 1.27. The largest absolute Gasteiger partial charge is 1.00 e. The predicted molar refractivity (Wildman–Crippen MR) is 125 cm³/mol. The smallest absolute Gasteiger partial charge is 0.275 e. The lowest BCUT2D eigenvalue weighted by Gasteiger charge is -2.23. The van der Waals surface area contributed by atoms with E-state index >= 15 is 0 Å². The van der Waals surface area contributed by atoms with Crippen LogP contribution in [0.4, 0.5) is 0 Å². The van der Waals surface area contributed by atoms with Crippen LogP contribution in [0.2, 0.25) is 0 Å². The van der Waals surface area contributed by atoms with Crippen molar-refractivity contribution in [2.24, 2.45) is 5.73 Å². The third-order valence-electron chi connectivity index (χ3n) is 3.31. The van der Waals surface area contributed by atoms with Gasteiger partial charge in [0.05, 0.1) is 63.4 Å². The summed E-state index contributed by atoms with van der Waals surface area (Å²) < 4.78 is 1.93. The highest BCUT2D eigenvalue weighted by Crippen LogP contribution is 1.97. The number of Topliss-reactive ketones (excluding diaryl/α,β-unsaturated/α-hetero) is 1. The number of amides is 2. The van der Waals surface area contributed by atoms with Gasteiger partial charge in [0, 0.05) is 26.1 Å². The van der Waals surface area contributed by atoms with E-state index in [1.54, 1.807) is 0 Å². The van der Waals surface area contributed by atoms with Crippen molar-refractivity contribution in [2.45, 2.75) is 20.3 Å². The Bertz CT molecular complexity index is 479. The zero-order valence-electron chi connectivity index (χ0n) is 20.7. The molecule has 0 spiro atoms. The SMILES string of the molecule is C.C[N+](C)(C)CC(=O)CCCNC(=O)C[N+](C)(C)C.C[N+](C)(C)CC(=O)NCCN.[Cl-]. The van der Waals surface area contributed by atoms with E-state index < -0.39 is 0 Å². The molecule has 0 saturated heterocycles. The van der Waals surface area contributed by atoms with Gasteiger partial charge >= 0.3 is 0 Å². The molecule has 31 heavy (non-hydrogen) atoms. The fourth-order valence-electron chi connectivity index (χ4n) is 2.31. The Morgan fingerprint density at radius 3 is 1.35 bits per heavy atom. The molecule has 0 aliphatic heterocycles. The number of quaternary nitrogens is 3. The van der Waals surface area contributed by atoms with Crippen LogP contribution in [0.15, 0.2) is 0 Å². The van der Waals surface area contributed by atoms with E-state index in [4.69, 9.17) is 5.73 Å². The molecule has 0 unspecified atom stereocenters. The van der Waals surface area contributed by atoms with Crippen LogP contribution in [-0.4, -0.2) is 134 Å². The van der Waals surface area contributed by atoms with Crippen molar-refractivity contribution in [3.05, 3.63) is 0 Å². The molecule has 0 atom stereocenters. The quantitative estimate of drug-likeness (QED) is 0.201. The number of halogens is 1. The predicted octanol–water partition coefficient (Wildman–Crippen LogP) is -3.73. The van der Waals surface area contributed by atoms with Crippen molar-refractivity contribution in [2.75, 3.05) is 103 Å². The maximum absolute atomic E-state index is 11.6. The summed E-state index contributed by atoms with van der Waals surface area (Å²) in [5.41, 5.74) is 5.22. The van der Waals surface area contributed by atoms with Crippen LogP contribution in [0.5, 0.6) is 0 Å². The molecular formula is C21H51ClN6O3+2. The zero-order chi connectivity index (χ0) is 23.3. The number of ketones is 1. The van der Waals surface area contributed by atoms with Crippen LogP contribution in [0.1, 0.15) is 20.3 Å². The summed E-state index contributed by atoms with van der Waals surface area (Å²) in [5.74, 6) is 0.354. The molecule has 4 N–H and O–H groups in total. The average molecular weight is 471 g/mol. The Labute approximate surface area is 197 Å². The summed E-state index contributed by atoms with van der Waals surface area (Å²) in [6.45, 7) is 3.17. The van der Waals surface area contributed by atoms with Gasteiger partial charge in [-0.25, -0.2) is 0 Å². The van der Waals surface area contributed by atoms with Crippen LogP contribution in [0.3, 0.4) is 0 Å². The van der Waals surface area contributed by atoms with E-state index in [2.05, 4.69) is 10.6 Å². The number of hydrogen-bond acceptors (Lipinski definition) is 4. The minimum atomic E-state index is 0. The van der Waals surface area contributed by atoms with Gasteiger partial charge in [0.1, 0.15) is 6.54 Å². The van der Waals surface area contributed by atoms with Gasteiger partial charge < -0.3 is 42.2 Å². The Kier molecular flexibility index (Phi) is 20.7. The summed E-state index contributed by atoms with van der Waals surface area (Å²) in [5, 5.41) is 5.55. The van der Waals surface area contributed by atoms with Gasteiger partial charge in [-0.3, -0.25) is 14.4 Å². The highest BCUT2D eigenvalue weighted by Gasteiger charge is 2.16. The van der Waals surface area contributed by atoms with Gasteiger partial charge in [-0.05, 0) is 6.42 Å². The first kappa shape index (κ1) is 37.1. The van der Waals surface area contributed by atoms with Crippen molar-refractivity contribution in [1.82, 2.24) is 10.6 Å². The number of carbonyl (C=O) groups excluding carboxylic acids is 3. The van der Waals surface area contributed by atoms with Crippen molar-refractivity contribution < 1.29 is 40.2 Å². The van der Waals surface area contributed by atoms with Gasteiger partial charge in [0.15, 0.2) is 18.9 Å². The van der Waals surface area contributed by atoms with Crippen LogP contribution in [0.25, 0.3) is 0 Å². The minimum Gasteiger partial charge on any atom is -1.00 e. The summed E-state index contributed by atoms with van der Waals surface area (Å²) in [7, 11) is 17.9. The normalized spacial score (nSPS) is 11.2. The number of carbonyl (C=O) groups is 3. The molecule has 188 valence electrons. The highest BCUT2D eigenvalue weighted by atomic mass is 35.5. The van der Waals surface area contributed by atoms with Crippen molar-refractivity contribution in [3.8, 4) is 0 Å². The molecule has 0 aromatic rings. The number of hydrogen-bond donors (Lipinski definition) is 3. The average Bonchev–Trinajstić information content (AvgIpc) is 2.45. The van der Waals surface area contributed by atoms with E-state index in [9.17, 15) is 14.4 Å². The standard InChI is InChI=1S/C13H28N3O2.C7H17N3O.CH4.ClH/c1-15(2,3)10-12(17)8-7-9-14-13(18)11-16(4,5)6;1-10(2,3)6-7(11)9-5-4-8;;/h7-11H2,1-6H3;4-6,8H2,1-3H3;1H4;1H/q+1;;;/p+1. The molecule has 0 rings (SSSR count). The van der Waals surface area contributed by atoms with Gasteiger partial charge in [0.25, 0.3) is 11.8 Å². The van der Waals surface area contributed by atoms with Crippen LogP contribution >= 0.6 is 0 Å². The van der Waals surface area contributed by atoms with Crippen molar-refractivity contribution >= 4 is 17.6 Å². The Hall–Kier alpha value is -1.26. The van der Waals surface area contributed by atoms with Crippen molar-refractivity contribution in [1.29, 1.82) is 0 Å². The second-order valence-corrected chi connectivity index (χ2v) is 10.5. The maximum Gasteiger partial charge on any atom is 0.275 e. The number of rotatable bonds is 12. The van der Waals surface area contributed by atoms with E-state index in [0.717, 1.165) is 6.42 Å². The molecule has 0 saturated carbocycles. The molecule has 0 aliphatic carbocycles. The molecule has 0 radical (unpaired) electrons. The first-order valence-corrected chi connectivity index (χ1v) is 10.1. The van der Waals surface area contributed by atoms with Crippen LogP contribution in [-0.2, 0) is 14.4 Å². The molecule has 0 fully saturated rings. The number of nitrogens with zero attached hydrogens (tertiary/aromatic N) is 3. The van der Waals surface area contributed by atoms with Gasteiger partial charge in [-0.2, -0.15) is 0 Å². The van der Waals surface area contributed by atoms with E-state index in [1.165, 1.54) is 0 Å². The Morgan fingerprint density at radius 2 is 1.03 bits per heavy atom. The number of nitrogens with one attached hydrogen (secondary N) is 2. The third-order valence-corrected chi connectivity index (χ3v) is 3.31. The Balaban J connectivity index is -0.000000244. The lowest BCUT2D eigenvalue weighted by molar-refractivity contribution is -0.862. The van der Waals surface area contributed by atoms with Crippen LogP contribution in [0, 0.1) is 0 Å². The third kappa shape index (κ3) is 33.6. The second-order valence-electron chi connectivity index (χ2n) is 10.5. The van der Waals surface area contributed by atoms with Crippen LogP contribution < -0.4 is 28.8 Å². The fraction of sp³-hybridized carbons (Fsp3) is 0.857. The summed E-state index contributed by atoms with van der Waals surface area (Å²) >= 11 is 0. The van der Waals surface area contributed by atoms with Crippen molar-refractivity contribution in [3.63, 3.8) is 0 Å². The highest BCUT2D eigenvalue weighted by molar-refractivity contribution is 5.80. The molecule has 0 aliphatic rings. The lowest BCUT2D eigenvalue weighted by Crippen LogP contribution is -3.00. The topological polar surface area (TPSA) is 101 Å². The molecule has 2 amide bonds. The fourth-order valence-corrected chi connectivity index (χ4v) is 2.31. The van der Waals surface area contributed by atoms with E-state index in [1.807, 2.05) is 63.4 Å². The van der Waals surface area contributed by atoms with E-state index in [-0.39, 0.29) is 37.4 Å².